The molecule has 0 aliphatic carbocycles. The van der Waals surface area contributed by atoms with Crippen molar-refractivity contribution in [1.82, 2.24) is 10.2 Å². The lowest BCUT2D eigenvalue weighted by atomic mass is 10.1. The van der Waals surface area contributed by atoms with Gasteiger partial charge in [0.25, 0.3) is 0 Å². The Bertz CT molecular complexity index is 354. The Morgan fingerprint density at radius 2 is 2.07 bits per heavy atom. The molecule has 0 spiro atoms. The predicted octanol–water partition coefficient (Wildman–Crippen LogP) is 1.89. The van der Waals surface area contributed by atoms with Crippen LogP contribution in [0.4, 0.5) is 0 Å². The van der Waals surface area contributed by atoms with Gasteiger partial charge in [-0.25, -0.2) is 0 Å². The van der Waals surface area contributed by atoms with E-state index in [0.717, 1.165) is 5.56 Å². The summed E-state index contributed by atoms with van der Waals surface area (Å²) in [7, 11) is 3.69. The minimum absolute atomic E-state index is 0.0474. The number of nitrogens with one attached hydrogen (secondary N) is 1. The molecule has 0 aromatic heterocycles. The van der Waals surface area contributed by atoms with Crippen molar-refractivity contribution in [3.63, 3.8) is 0 Å². The monoisotopic (exact) mass is 224 g/mol. The Morgan fingerprint density at radius 1 is 1.47 bits per heavy atom. The van der Waals surface area contributed by atoms with Crippen molar-refractivity contribution < 1.29 is 5.11 Å². The molecule has 1 unspecified atom stereocenters. The van der Waals surface area contributed by atoms with Crippen LogP contribution in [0.15, 0.2) is 24.3 Å². The molecule has 0 fully saturated rings. The molecule has 0 amide bonds. The topological polar surface area (TPSA) is 35.5 Å². The summed E-state index contributed by atoms with van der Waals surface area (Å²) in [5.41, 5.74) is 0.873. The largest absolute Gasteiger partial charge is 0.508 e. The van der Waals surface area contributed by atoms with Crippen LogP contribution in [-0.4, -0.2) is 29.2 Å². The van der Waals surface area contributed by atoms with Crippen LogP contribution in [0.3, 0.4) is 0 Å². The molecule has 0 saturated carbocycles. The van der Waals surface area contributed by atoms with Gasteiger partial charge in [-0.2, -0.15) is 0 Å². The van der Waals surface area contributed by atoms with Gasteiger partial charge in [0, 0.05) is 19.7 Å². The fraction of sp³-hybridized carbons (Fsp3) is 0.364. The maximum Gasteiger partial charge on any atom is 0.168 e. The Kier molecular flexibility index (Phi) is 3.91. The summed E-state index contributed by atoms with van der Waals surface area (Å²) in [4.78, 5) is 1.91. The molecule has 1 rings (SSSR count). The molecule has 4 heteroatoms. The average molecular weight is 224 g/mol. The highest BCUT2D eigenvalue weighted by atomic mass is 32.1. The Morgan fingerprint density at radius 3 is 2.60 bits per heavy atom. The molecule has 1 aromatic carbocycles. The quantitative estimate of drug-likeness (QED) is 0.752. The van der Waals surface area contributed by atoms with Crippen LogP contribution in [0.2, 0.25) is 0 Å². The van der Waals surface area contributed by atoms with Gasteiger partial charge in [-0.15, -0.1) is 0 Å². The third-order valence-corrected chi connectivity index (χ3v) is 2.99. The second-order valence-electron chi connectivity index (χ2n) is 3.40. The summed E-state index contributed by atoms with van der Waals surface area (Å²) in [5, 5.41) is 13.3. The van der Waals surface area contributed by atoms with Crippen LogP contribution < -0.4 is 5.32 Å². The minimum Gasteiger partial charge on any atom is -0.508 e. The van der Waals surface area contributed by atoms with Gasteiger partial charge in [0.15, 0.2) is 5.11 Å². The van der Waals surface area contributed by atoms with Gasteiger partial charge in [0.1, 0.15) is 5.75 Å². The van der Waals surface area contributed by atoms with E-state index in [9.17, 15) is 5.11 Å². The molecule has 1 aromatic rings. The number of nitrogens with zero attached hydrogens (tertiary/aromatic N) is 1. The number of hydrogen-bond acceptors (Lipinski definition) is 2. The maximum atomic E-state index is 9.69. The van der Waals surface area contributed by atoms with Crippen LogP contribution in [0.5, 0.6) is 5.75 Å². The summed E-state index contributed by atoms with van der Waals surface area (Å²) in [6.45, 7) is 2.00. The minimum atomic E-state index is 0.0474. The third kappa shape index (κ3) is 2.59. The maximum absolute atomic E-state index is 9.69. The van der Waals surface area contributed by atoms with Crippen molar-refractivity contribution in [2.45, 2.75) is 13.0 Å². The van der Waals surface area contributed by atoms with Gasteiger partial charge in [-0.05, 0) is 25.2 Å². The second-order valence-corrected chi connectivity index (χ2v) is 3.79. The Labute approximate surface area is 95.7 Å². The van der Waals surface area contributed by atoms with Crippen LogP contribution in [0.25, 0.3) is 0 Å². The third-order valence-electron chi connectivity index (χ3n) is 2.50. The molecule has 2 N–H and O–H groups in total. The van der Waals surface area contributed by atoms with Gasteiger partial charge >= 0.3 is 0 Å². The lowest BCUT2D eigenvalue weighted by Crippen LogP contribution is -2.36. The zero-order valence-electron chi connectivity index (χ0n) is 9.19. The Hall–Kier alpha value is -1.29. The molecule has 1 atom stereocenters. The van der Waals surface area contributed by atoms with E-state index in [1.807, 2.05) is 37.1 Å². The molecule has 0 aliphatic heterocycles. The van der Waals surface area contributed by atoms with Gasteiger partial charge in [-0.3, -0.25) is 0 Å². The normalized spacial score (nSPS) is 11.9. The average Bonchev–Trinajstić information content (AvgIpc) is 2.26. The molecular formula is C11H16N2OS. The summed E-state index contributed by atoms with van der Waals surface area (Å²) >= 11 is 5.13. The van der Waals surface area contributed by atoms with Gasteiger partial charge in [0.05, 0.1) is 6.04 Å². The lowest BCUT2D eigenvalue weighted by Gasteiger charge is -2.27. The predicted molar refractivity (Wildman–Crippen MR) is 65.9 cm³/mol. The first-order valence-corrected chi connectivity index (χ1v) is 5.21. The van der Waals surface area contributed by atoms with Crippen molar-refractivity contribution in [2.24, 2.45) is 0 Å². The summed E-state index contributed by atoms with van der Waals surface area (Å²) < 4.78 is 0. The van der Waals surface area contributed by atoms with Crippen LogP contribution in [0, 0.1) is 0 Å². The first kappa shape index (κ1) is 11.8. The zero-order chi connectivity index (χ0) is 11.4. The van der Waals surface area contributed by atoms with E-state index in [1.165, 1.54) is 0 Å². The lowest BCUT2D eigenvalue weighted by molar-refractivity contribution is 0.378. The van der Waals surface area contributed by atoms with Crippen molar-refractivity contribution in [3.05, 3.63) is 29.8 Å². The van der Waals surface area contributed by atoms with Crippen LogP contribution in [0.1, 0.15) is 18.5 Å². The van der Waals surface area contributed by atoms with E-state index < -0.39 is 0 Å². The SMILES string of the molecule is CNC(=S)N(C)C(C)c1ccccc1O. The fourth-order valence-corrected chi connectivity index (χ4v) is 1.56. The van der Waals surface area contributed by atoms with Gasteiger partial charge < -0.3 is 15.3 Å². The molecular weight excluding hydrogens is 208 g/mol. The number of rotatable bonds is 2. The fourth-order valence-electron chi connectivity index (χ4n) is 1.40. The summed E-state index contributed by atoms with van der Waals surface area (Å²) in [6.07, 6.45) is 0. The van der Waals surface area contributed by atoms with Crippen LogP contribution in [-0.2, 0) is 0 Å². The first-order chi connectivity index (χ1) is 7.07. The van der Waals surface area contributed by atoms with Crippen molar-refractivity contribution in [2.75, 3.05) is 14.1 Å². The van der Waals surface area contributed by atoms with E-state index in [-0.39, 0.29) is 6.04 Å². The molecule has 0 bridgehead atoms. The number of thiocarbonyl (C=S) groups is 1. The van der Waals surface area contributed by atoms with E-state index in [4.69, 9.17) is 12.2 Å². The summed E-state index contributed by atoms with van der Waals surface area (Å²) in [5.74, 6) is 0.302. The Balaban J connectivity index is 2.89. The number of para-hydroxylation sites is 1. The summed E-state index contributed by atoms with van der Waals surface area (Å²) in [6, 6.07) is 7.34. The molecule has 0 saturated heterocycles. The zero-order valence-corrected chi connectivity index (χ0v) is 10.0. The van der Waals surface area contributed by atoms with Crippen molar-refractivity contribution in [3.8, 4) is 5.75 Å². The highest BCUT2D eigenvalue weighted by Crippen LogP contribution is 2.26. The first-order valence-electron chi connectivity index (χ1n) is 4.80. The number of phenols is 1. The van der Waals surface area contributed by atoms with E-state index in [2.05, 4.69) is 5.32 Å². The van der Waals surface area contributed by atoms with Crippen molar-refractivity contribution >= 4 is 17.3 Å². The molecule has 3 nitrogen and oxygen atoms in total. The number of hydrogen-bond donors (Lipinski definition) is 2. The molecule has 82 valence electrons. The number of phenolic OH excluding ortho intramolecular Hbond substituents is 1. The molecule has 0 aliphatic rings. The van der Waals surface area contributed by atoms with E-state index in [0.29, 0.717) is 10.9 Å². The van der Waals surface area contributed by atoms with Gasteiger partial charge in [0.2, 0.25) is 0 Å². The smallest absolute Gasteiger partial charge is 0.168 e. The van der Waals surface area contributed by atoms with E-state index >= 15 is 0 Å². The standard InChI is InChI=1S/C11H16N2OS/c1-8(13(3)11(15)12-2)9-6-4-5-7-10(9)14/h4-8,14H,1-3H3,(H,12,15). The molecule has 15 heavy (non-hydrogen) atoms. The highest BCUT2D eigenvalue weighted by molar-refractivity contribution is 7.80. The highest BCUT2D eigenvalue weighted by Gasteiger charge is 2.16. The van der Waals surface area contributed by atoms with Crippen LogP contribution >= 0.6 is 12.2 Å². The number of benzene rings is 1. The molecule has 0 heterocycles. The number of aromatic hydroxyl groups is 1. The van der Waals surface area contributed by atoms with E-state index in [1.54, 1.807) is 13.1 Å². The van der Waals surface area contributed by atoms with Crippen molar-refractivity contribution in [1.29, 1.82) is 0 Å². The van der Waals surface area contributed by atoms with Gasteiger partial charge in [-0.1, -0.05) is 18.2 Å². The second kappa shape index (κ2) is 4.98. The molecule has 0 radical (unpaired) electrons.